The van der Waals surface area contributed by atoms with E-state index in [1.54, 1.807) is 0 Å². The summed E-state index contributed by atoms with van der Waals surface area (Å²) in [6.07, 6.45) is 1.98. The van der Waals surface area contributed by atoms with E-state index in [1.165, 1.54) is 13.8 Å². The third-order valence-corrected chi connectivity index (χ3v) is 3.12. The van der Waals surface area contributed by atoms with Crippen molar-refractivity contribution in [1.29, 1.82) is 0 Å². The van der Waals surface area contributed by atoms with Crippen LogP contribution in [0.15, 0.2) is 12.2 Å². The first-order valence-electron chi connectivity index (χ1n) is 5.68. The highest BCUT2D eigenvalue weighted by atomic mass is 16.3. The van der Waals surface area contributed by atoms with Crippen LogP contribution < -0.4 is 0 Å². The second-order valence-corrected chi connectivity index (χ2v) is 4.49. The van der Waals surface area contributed by atoms with Gasteiger partial charge in [-0.05, 0) is 31.6 Å². The van der Waals surface area contributed by atoms with Gasteiger partial charge in [-0.15, -0.1) is 0 Å². The second kappa shape index (κ2) is 4.35. The number of hydrogen-bond donors (Lipinski definition) is 2. The molecule has 2 rings (SSSR count). The number of carbonyl (C=O) groups excluding carboxylic acids is 3. The van der Waals surface area contributed by atoms with Crippen molar-refractivity contribution in [3.8, 4) is 11.5 Å². The van der Waals surface area contributed by atoms with Crippen molar-refractivity contribution in [2.24, 2.45) is 0 Å². The van der Waals surface area contributed by atoms with E-state index in [1.807, 2.05) is 0 Å². The topological polar surface area (TPSA) is 91.7 Å². The molecule has 0 amide bonds. The smallest absolute Gasteiger partial charge is 0.190 e. The minimum absolute atomic E-state index is 0.107. The highest BCUT2D eigenvalue weighted by Crippen LogP contribution is 2.39. The van der Waals surface area contributed by atoms with Gasteiger partial charge in [-0.2, -0.15) is 0 Å². The number of benzene rings is 1. The van der Waals surface area contributed by atoms with Gasteiger partial charge < -0.3 is 10.2 Å². The monoisotopic (exact) mass is 260 g/mol. The summed E-state index contributed by atoms with van der Waals surface area (Å²) in [5.41, 5.74) is -0.00949. The highest BCUT2D eigenvalue weighted by molar-refractivity contribution is 6.24. The predicted molar refractivity (Wildman–Crippen MR) is 66.7 cm³/mol. The average Bonchev–Trinajstić information content (AvgIpc) is 2.34. The SMILES string of the molecule is CC(=O)Cc1c(C)c(O)c2c(c1O)C(=O)C=CC2=O. The molecule has 0 radical (unpaired) electrons. The van der Waals surface area contributed by atoms with Crippen molar-refractivity contribution < 1.29 is 24.6 Å². The number of aromatic hydroxyl groups is 2. The minimum Gasteiger partial charge on any atom is -0.507 e. The number of fused-ring (bicyclic) bond motifs is 1. The van der Waals surface area contributed by atoms with Gasteiger partial charge in [-0.25, -0.2) is 0 Å². The molecule has 0 aromatic heterocycles. The average molecular weight is 260 g/mol. The quantitative estimate of drug-likeness (QED) is 0.786. The number of ketones is 3. The Morgan fingerprint density at radius 3 is 2.00 bits per heavy atom. The van der Waals surface area contributed by atoms with E-state index in [-0.39, 0.29) is 40.2 Å². The Labute approximate surface area is 109 Å². The van der Waals surface area contributed by atoms with Crippen molar-refractivity contribution in [2.45, 2.75) is 20.3 Å². The molecule has 1 aliphatic carbocycles. The first kappa shape index (κ1) is 13.0. The van der Waals surface area contributed by atoms with E-state index in [2.05, 4.69) is 0 Å². The lowest BCUT2D eigenvalue weighted by atomic mass is 9.87. The third-order valence-electron chi connectivity index (χ3n) is 3.12. The normalized spacial score (nSPS) is 13.6. The van der Waals surface area contributed by atoms with E-state index in [4.69, 9.17) is 0 Å². The van der Waals surface area contributed by atoms with E-state index in [0.29, 0.717) is 0 Å². The Morgan fingerprint density at radius 1 is 1.05 bits per heavy atom. The molecule has 0 spiro atoms. The molecule has 0 atom stereocenters. The summed E-state index contributed by atoms with van der Waals surface area (Å²) >= 11 is 0. The molecule has 98 valence electrons. The van der Waals surface area contributed by atoms with Crippen LogP contribution in [0.25, 0.3) is 0 Å². The lowest BCUT2D eigenvalue weighted by molar-refractivity contribution is -0.116. The van der Waals surface area contributed by atoms with Gasteiger partial charge in [0.05, 0.1) is 11.1 Å². The number of phenolic OH excluding ortho intramolecular Hbond substituents is 2. The lowest BCUT2D eigenvalue weighted by Gasteiger charge is -2.18. The van der Waals surface area contributed by atoms with Crippen LogP contribution in [0, 0.1) is 6.92 Å². The van der Waals surface area contributed by atoms with Crippen molar-refractivity contribution in [2.75, 3.05) is 0 Å². The third kappa shape index (κ3) is 1.93. The molecule has 1 aliphatic rings. The molecule has 0 saturated carbocycles. The van der Waals surface area contributed by atoms with E-state index < -0.39 is 17.3 Å². The van der Waals surface area contributed by atoms with E-state index in [9.17, 15) is 24.6 Å². The maximum atomic E-state index is 11.8. The molecule has 0 bridgehead atoms. The Morgan fingerprint density at radius 2 is 1.53 bits per heavy atom. The van der Waals surface area contributed by atoms with Gasteiger partial charge in [-0.3, -0.25) is 14.4 Å². The summed E-state index contributed by atoms with van der Waals surface area (Å²) in [5.74, 6) is -2.08. The first-order chi connectivity index (χ1) is 8.84. The summed E-state index contributed by atoms with van der Waals surface area (Å²) in [6, 6.07) is 0. The zero-order chi connectivity index (χ0) is 14.3. The Bertz CT molecular complexity index is 653. The second-order valence-electron chi connectivity index (χ2n) is 4.49. The molecule has 5 nitrogen and oxygen atoms in total. The standard InChI is InChI=1S/C14H12O5/c1-6(15)5-8-7(2)13(18)11-9(16)3-4-10(17)12(11)14(8)19/h3-4,18-19H,5H2,1-2H3. The molecule has 0 saturated heterocycles. The Hall–Kier alpha value is -2.43. The van der Waals surface area contributed by atoms with Gasteiger partial charge in [-0.1, -0.05) is 0 Å². The molecular weight excluding hydrogens is 248 g/mol. The minimum atomic E-state index is -0.563. The summed E-state index contributed by atoms with van der Waals surface area (Å²) in [7, 11) is 0. The summed E-state index contributed by atoms with van der Waals surface area (Å²) in [6.45, 7) is 2.83. The van der Waals surface area contributed by atoms with Gasteiger partial charge in [0.15, 0.2) is 11.6 Å². The van der Waals surface area contributed by atoms with Crippen molar-refractivity contribution >= 4 is 17.3 Å². The van der Waals surface area contributed by atoms with Crippen LogP contribution in [0.1, 0.15) is 38.8 Å². The number of phenols is 2. The van der Waals surface area contributed by atoms with Gasteiger partial charge in [0.25, 0.3) is 0 Å². The molecule has 1 aromatic carbocycles. The zero-order valence-corrected chi connectivity index (χ0v) is 10.5. The van der Waals surface area contributed by atoms with Crippen LogP contribution in [0.5, 0.6) is 11.5 Å². The molecule has 19 heavy (non-hydrogen) atoms. The van der Waals surface area contributed by atoms with Crippen LogP contribution in [-0.2, 0) is 11.2 Å². The molecule has 1 aromatic rings. The van der Waals surface area contributed by atoms with Crippen LogP contribution in [0.4, 0.5) is 0 Å². The van der Waals surface area contributed by atoms with Crippen molar-refractivity contribution in [1.82, 2.24) is 0 Å². The van der Waals surface area contributed by atoms with Gasteiger partial charge >= 0.3 is 0 Å². The maximum absolute atomic E-state index is 11.8. The first-order valence-corrected chi connectivity index (χ1v) is 5.68. The van der Waals surface area contributed by atoms with Crippen molar-refractivity contribution in [3.05, 3.63) is 34.4 Å². The van der Waals surface area contributed by atoms with Crippen LogP contribution in [-0.4, -0.2) is 27.6 Å². The van der Waals surface area contributed by atoms with Gasteiger partial charge in [0.1, 0.15) is 17.3 Å². The van der Waals surface area contributed by atoms with E-state index in [0.717, 1.165) is 12.2 Å². The van der Waals surface area contributed by atoms with Crippen molar-refractivity contribution in [3.63, 3.8) is 0 Å². The molecule has 0 fully saturated rings. The Balaban J connectivity index is 2.82. The van der Waals surface area contributed by atoms with Crippen LogP contribution >= 0.6 is 0 Å². The predicted octanol–water partition coefficient (Wildman–Crippen LogP) is 1.47. The fraction of sp³-hybridized carbons (Fsp3) is 0.214. The largest absolute Gasteiger partial charge is 0.507 e. The van der Waals surface area contributed by atoms with E-state index >= 15 is 0 Å². The zero-order valence-electron chi connectivity index (χ0n) is 10.5. The summed E-state index contributed by atoms with van der Waals surface area (Å²) in [4.78, 5) is 34.7. The molecule has 0 aliphatic heterocycles. The molecule has 2 N–H and O–H groups in total. The number of allylic oxidation sites excluding steroid dienone is 2. The Kier molecular flexibility index (Phi) is 2.98. The lowest BCUT2D eigenvalue weighted by Crippen LogP contribution is -2.15. The number of rotatable bonds is 2. The van der Waals surface area contributed by atoms with Gasteiger partial charge in [0.2, 0.25) is 0 Å². The maximum Gasteiger partial charge on any atom is 0.190 e. The summed E-state index contributed by atoms with van der Waals surface area (Å²) < 4.78 is 0. The van der Waals surface area contributed by atoms with Gasteiger partial charge in [0, 0.05) is 12.0 Å². The number of hydrogen-bond acceptors (Lipinski definition) is 5. The summed E-state index contributed by atoms with van der Waals surface area (Å²) in [5, 5.41) is 20.1. The molecular formula is C14H12O5. The highest BCUT2D eigenvalue weighted by Gasteiger charge is 2.30. The number of carbonyl (C=O) groups is 3. The number of Topliss-reactive ketones (excluding diaryl/α,β-unsaturated/α-hetero) is 1. The van der Waals surface area contributed by atoms with Crippen LogP contribution in [0.3, 0.4) is 0 Å². The molecule has 5 heteroatoms. The molecule has 0 heterocycles. The molecule has 0 unspecified atom stereocenters. The van der Waals surface area contributed by atoms with Crippen LogP contribution in [0.2, 0.25) is 0 Å². The fourth-order valence-corrected chi connectivity index (χ4v) is 2.16. The fourth-order valence-electron chi connectivity index (χ4n) is 2.16.